The molecule has 0 spiro atoms. The molecule has 1 aliphatic heterocycles. The molecule has 1 aliphatic rings. The second kappa shape index (κ2) is 6.12. The predicted molar refractivity (Wildman–Crippen MR) is 77.9 cm³/mol. The second-order valence-corrected chi connectivity index (χ2v) is 5.60. The van der Waals surface area contributed by atoms with E-state index in [0.29, 0.717) is 5.02 Å². The van der Waals surface area contributed by atoms with Gasteiger partial charge in [-0.2, -0.15) is 0 Å². The molecule has 0 radical (unpaired) electrons. The molecule has 0 aromatic heterocycles. The molecule has 3 nitrogen and oxygen atoms in total. The first-order valence-electron chi connectivity index (χ1n) is 6.88. The van der Waals surface area contributed by atoms with Crippen LogP contribution >= 0.6 is 11.6 Å². The minimum Gasteiger partial charge on any atom is -0.496 e. The van der Waals surface area contributed by atoms with Gasteiger partial charge in [-0.15, -0.1) is 0 Å². The highest BCUT2D eigenvalue weighted by atomic mass is 35.5. The largest absolute Gasteiger partial charge is 0.496 e. The lowest BCUT2D eigenvalue weighted by molar-refractivity contribution is 0.0191. The van der Waals surface area contributed by atoms with Crippen molar-refractivity contribution in [1.29, 1.82) is 0 Å². The summed E-state index contributed by atoms with van der Waals surface area (Å²) in [5.74, 6) is 0.719. The third kappa shape index (κ3) is 3.22. The molecular formula is C15H22ClNO2. The standard InChI is InChI=1S/C15H22ClNO2/c1-3-17-9-4-7-15(18,8-10-17)13-11-12(16)5-6-14(13)19-2/h5-6,11,18H,3-4,7-10H2,1-2H3. The summed E-state index contributed by atoms with van der Waals surface area (Å²) < 4.78 is 5.38. The molecule has 1 atom stereocenters. The number of likely N-dealkylation sites (tertiary alicyclic amines) is 1. The first-order valence-corrected chi connectivity index (χ1v) is 7.25. The van der Waals surface area contributed by atoms with E-state index in [2.05, 4.69) is 11.8 Å². The Morgan fingerprint density at radius 1 is 1.37 bits per heavy atom. The van der Waals surface area contributed by atoms with Crippen molar-refractivity contribution < 1.29 is 9.84 Å². The highest BCUT2D eigenvalue weighted by Gasteiger charge is 2.34. The maximum Gasteiger partial charge on any atom is 0.125 e. The molecule has 0 amide bonds. The Hall–Kier alpha value is -0.770. The zero-order valence-electron chi connectivity index (χ0n) is 11.7. The van der Waals surface area contributed by atoms with Gasteiger partial charge in [-0.1, -0.05) is 18.5 Å². The first-order chi connectivity index (χ1) is 9.09. The van der Waals surface area contributed by atoms with Gasteiger partial charge in [0.2, 0.25) is 0 Å². The number of halogens is 1. The van der Waals surface area contributed by atoms with Crippen molar-refractivity contribution >= 4 is 11.6 Å². The van der Waals surface area contributed by atoms with E-state index in [9.17, 15) is 5.11 Å². The normalized spacial score (nSPS) is 25.1. The van der Waals surface area contributed by atoms with E-state index >= 15 is 0 Å². The highest BCUT2D eigenvalue weighted by molar-refractivity contribution is 6.30. The number of hydrogen-bond donors (Lipinski definition) is 1. The highest BCUT2D eigenvalue weighted by Crippen LogP contribution is 2.39. The van der Waals surface area contributed by atoms with E-state index < -0.39 is 5.60 Å². The summed E-state index contributed by atoms with van der Waals surface area (Å²) >= 11 is 6.07. The Bertz CT molecular complexity index is 438. The summed E-state index contributed by atoms with van der Waals surface area (Å²) in [6.45, 7) is 5.14. The van der Waals surface area contributed by atoms with Crippen molar-refractivity contribution in [3.05, 3.63) is 28.8 Å². The first kappa shape index (κ1) is 14.6. The number of methoxy groups -OCH3 is 1. The molecule has 19 heavy (non-hydrogen) atoms. The van der Waals surface area contributed by atoms with Gasteiger partial charge < -0.3 is 14.7 Å². The van der Waals surface area contributed by atoms with E-state index in [1.165, 1.54) is 0 Å². The Labute approximate surface area is 120 Å². The number of ether oxygens (including phenoxy) is 1. The van der Waals surface area contributed by atoms with Gasteiger partial charge in [0.25, 0.3) is 0 Å². The lowest BCUT2D eigenvalue weighted by atomic mass is 9.86. The summed E-state index contributed by atoms with van der Waals surface area (Å²) in [5, 5.41) is 11.6. The molecule has 1 saturated heterocycles. The fraction of sp³-hybridized carbons (Fsp3) is 0.600. The van der Waals surface area contributed by atoms with Gasteiger partial charge in [-0.3, -0.25) is 0 Å². The minimum absolute atomic E-state index is 0.640. The predicted octanol–water partition coefficient (Wildman–Crippen LogP) is 3.04. The van der Waals surface area contributed by atoms with Crippen LogP contribution in [0.4, 0.5) is 0 Å². The SMILES string of the molecule is CCN1CCCC(O)(c2cc(Cl)ccc2OC)CC1. The molecule has 1 aromatic rings. The quantitative estimate of drug-likeness (QED) is 0.925. The molecule has 0 bridgehead atoms. The van der Waals surface area contributed by atoms with Crippen molar-refractivity contribution in [1.82, 2.24) is 4.90 Å². The zero-order valence-corrected chi connectivity index (χ0v) is 12.4. The van der Waals surface area contributed by atoms with Crippen molar-refractivity contribution in [3.8, 4) is 5.75 Å². The summed E-state index contributed by atoms with van der Waals surface area (Å²) in [6, 6.07) is 5.46. The molecule has 0 saturated carbocycles. The summed E-state index contributed by atoms with van der Waals surface area (Å²) in [4.78, 5) is 2.37. The van der Waals surface area contributed by atoms with Gasteiger partial charge in [0.1, 0.15) is 5.75 Å². The van der Waals surface area contributed by atoms with Crippen LogP contribution < -0.4 is 4.74 Å². The Kier molecular flexibility index (Phi) is 4.71. The molecule has 106 valence electrons. The maximum atomic E-state index is 11.0. The number of hydrogen-bond acceptors (Lipinski definition) is 3. The molecule has 1 fully saturated rings. The monoisotopic (exact) mass is 283 g/mol. The van der Waals surface area contributed by atoms with Gasteiger partial charge in [0.15, 0.2) is 0 Å². The fourth-order valence-corrected chi connectivity index (χ4v) is 2.98. The van der Waals surface area contributed by atoms with Crippen molar-refractivity contribution in [2.75, 3.05) is 26.7 Å². The van der Waals surface area contributed by atoms with Crippen molar-refractivity contribution in [3.63, 3.8) is 0 Å². The lowest BCUT2D eigenvalue weighted by Crippen LogP contribution is -2.29. The minimum atomic E-state index is -0.833. The number of rotatable bonds is 3. The number of benzene rings is 1. The van der Waals surface area contributed by atoms with Crippen LogP contribution in [-0.2, 0) is 5.60 Å². The van der Waals surface area contributed by atoms with Crippen LogP contribution in [0.1, 0.15) is 31.7 Å². The van der Waals surface area contributed by atoms with Crippen LogP contribution in [0.25, 0.3) is 0 Å². The van der Waals surface area contributed by atoms with E-state index in [0.717, 1.165) is 50.2 Å². The van der Waals surface area contributed by atoms with Gasteiger partial charge >= 0.3 is 0 Å². The Balaban J connectivity index is 2.30. The van der Waals surface area contributed by atoms with E-state index in [1.807, 2.05) is 12.1 Å². The number of aliphatic hydroxyl groups is 1. The molecule has 2 rings (SSSR count). The van der Waals surface area contributed by atoms with Crippen molar-refractivity contribution in [2.45, 2.75) is 31.8 Å². The summed E-state index contributed by atoms with van der Waals surface area (Å²) in [5.41, 5.74) is -0.0133. The smallest absolute Gasteiger partial charge is 0.125 e. The van der Waals surface area contributed by atoms with Gasteiger partial charge in [0, 0.05) is 17.1 Å². The molecule has 1 heterocycles. The summed E-state index contributed by atoms with van der Waals surface area (Å²) in [7, 11) is 1.63. The van der Waals surface area contributed by atoms with Crippen LogP contribution in [-0.4, -0.2) is 36.8 Å². The second-order valence-electron chi connectivity index (χ2n) is 5.16. The third-order valence-electron chi connectivity index (χ3n) is 4.02. The maximum absolute atomic E-state index is 11.0. The summed E-state index contributed by atoms with van der Waals surface area (Å²) in [6.07, 6.45) is 2.46. The van der Waals surface area contributed by atoms with Gasteiger partial charge in [0.05, 0.1) is 12.7 Å². The van der Waals surface area contributed by atoms with E-state index in [-0.39, 0.29) is 0 Å². The average Bonchev–Trinajstić information content (AvgIpc) is 2.61. The van der Waals surface area contributed by atoms with Crippen LogP contribution in [0.5, 0.6) is 5.75 Å². The van der Waals surface area contributed by atoms with E-state index in [4.69, 9.17) is 16.3 Å². The third-order valence-corrected chi connectivity index (χ3v) is 4.25. The molecule has 1 aromatic carbocycles. The molecule has 1 N–H and O–H groups in total. The molecule has 1 unspecified atom stereocenters. The molecule has 0 aliphatic carbocycles. The number of nitrogens with zero attached hydrogens (tertiary/aromatic N) is 1. The van der Waals surface area contributed by atoms with Crippen LogP contribution in [0.15, 0.2) is 18.2 Å². The Morgan fingerprint density at radius 2 is 2.16 bits per heavy atom. The van der Waals surface area contributed by atoms with E-state index in [1.54, 1.807) is 13.2 Å². The fourth-order valence-electron chi connectivity index (χ4n) is 2.80. The molecule has 4 heteroatoms. The molecular weight excluding hydrogens is 262 g/mol. The topological polar surface area (TPSA) is 32.7 Å². The van der Waals surface area contributed by atoms with Gasteiger partial charge in [-0.05, 0) is 50.6 Å². The van der Waals surface area contributed by atoms with Crippen molar-refractivity contribution in [2.24, 2.45) is 0 Å². The lowest BCUT2D eigenvalue weighted by Gasteiger charge is -2.29. The average molecular weight is 284 g/mol. The zero-order chi connectivity index (χ0) is 13.9. The van der Waals surface area contributed by atoms with Crippen LogP contribution in [0.3, 0.4) is 0 Å². The van der Waals surface area contributed by atoms with Crippen LogP contribution in [0, 0.1) is 0 Å². The Morgan fingerprint density at radius 3 is 2.84 bits per heavy atom. The van der Waals surface area contributed by atoms with Crippen LogP contribution in [0.2, 0.25) is 5.02 Å². The van der Waals surface area contributed by atoms with Gasteiger partial charge in [-0.25, -0.2) is 0 Å².